The Bertz CT molecular complexity index is 711. The molecule has 1 aliphatic rings. The minimum absolute atomic E-state index is 0.0766. The molecule has 0 saturated carbocycles. The van der Waals surface area contributed by atoms with Crippen LogP contribution in [-0.4, -0.2) is 47.3 Å². The van der Waals surface area contributed by atoms with Crippen LogP contribution in [0.3, 0.4) is 0 Å². The zero-order chi connectivity index (χ0) is 17.8. The van der Waals surface area contributed by atoms with Gasteiger partial charge in [-0.05, 0) is 31.2 Å². The summed E-state index contributed by atoms with van der Waals surface area (Å²) in [7, 11) is 0. The Balaban J connectivity index is 1.80. The number of carbonyl (C=O) groups is 1. The topological polar surface area (TPSA) is 77.7 Å². The van der Waals surface area contributed by atoms with Gasteiger partial charge in [-0.3, -0.25) is 4.79 Å². The lowest BCUT2D eigenvalue weighted by Crippen LogP contribution is -2.43. The molecule has 2 heterocycles. The number of rotatable bonds is 5. The molecule has 1 unspecified atom stereocenters. The SMILES string of the molecule is CCOc1ccc(C(=O)N2CCOCC2c2noc(C(C)C)n2)cc1. The van der Waals surface area contributed by atoms with Gasteiger partial charge < -0.3 is 18.9 Å². The van der Waals surface area contributed by atoms with Crippen LogP contribution in [0, 0.1) is 0 Å². The Labute approximate surface area is 146 Å². The highest BCUT2D eigenvalue weighted by molar-refractivity contribution is 5.94. The molecule has 1 aliphatic heterocycles. The van der Waals surface area contributed by atoms with E-state index in [4.69, 9.17) is 14.0 Å². The van der Waals surface area contributed by atoms with Gasteiger partial charge >= 0.3 is 0 Å². The molecule has 1 atom stereocenters. The molecule has 0 aliphatic carbocycles. The highest BCUT2D eigenvalue weighted by Gasteiger charge is 2.33. The number of hydrogen-bond donors (Lipinski definition) is 0. The van der Waals surface area contributed by atoms with Gasteiger partial charge in [0.1, 0.15) is 11.8 Å². The maximum Gasteiger partial charge on any atom is 0.254 e. The van der Waals surface area contributed by atoms with E-state index in [0.717, 1.165) is 5.75 Å². The molecular formula is C18H23N3O4. The van der Waals surface area contributed by atoms with Crippen molar-refractivity contribution in [2.24, 2.45) is 0 Å². The Morgan fingerprint density at radius 1 is 1.36 bits per heavy atom. The van der Waals surface area contributed by atoms with E-state index in [2.05, 4.69) is 10.1 Å². The molecule has 134 valence electrons. The third-order valence-corrected chi connectivity index (χ3v) is 4.05. The summed E-state index contributed by atoms with van der Waals surface area (Å²) in [5.41, 5.74) is 0.600. The largest absolute Gasteiger partial charge is 0.494 e. The summed E-state index contributed by atoms with van der Waals surface area (Å²) in [5, 5.41) is 4.05. The molecule has 1 amide bonds. The number of amides is 1. The Kier molecular flexibility index (Phi) is 5.33. The number of morpholine rings is 1. The van der Waals surface area contributed by atoms with Crippen molar-refractivity contribution in [3.63, 3.8) is 0 Å². The number of hydrogen-bond acceptors (Lipinski definition) is 6. The van der Waals surface area contributed by atoms with Crippen LogP contribution in [0.2, 0.25) is 0 Å². The Hall–Kier alpha value is -2.41. The maximum absolute atomic E-state index is 12.9. The van der Waals surface area contributed by atoms with Crippen molar-refractivity contribution in [1.82, 2.24) is 15.0 Å². The van der Waals surface area contributed by atoms with E-state index in [1.54, 1.807) is 29.2 Å². The van der Waals surface area contributed by atoms with E-state index >= 15 is 0 Å². The van der Waals surface area contributed by atoms with Gasteiger partial charge in [0.15, 0.2) is 5.82 Å². The summed E-state index contributed by atoms with van der Waals surface area (Å²) in [6, 6.07) is 6.81. The summed E-state index contributed by atoms with van der Waals surface area (Å²) >= 11 is 0. The van der Waals surface area contributed by atoms with Crippen LogP contribution >= 0.6 is 0 Å². The number of ether oxygens (including phenoxy) is 2. The van der Waals surface area contributed by atoms with Crippen molar-refractivity contribution < 1.29 is 18.8 Å². The molecule has 3 rings (SSSR count). The fourth-order valence-corrected chi connectivity index (χ4v) is 2.70. The molecule has 25 heavy (non-hydrogen) atoms. The lowest BCUT2D eigenvalue weighted by atomic mass is 10.1. The van der Waals surface area contributed by atoms with Gasteiger partial charge in [0.05, 0.1) is 19.8 Å². The third-order valence-electron chi connectivity index (χ3n) is 4.05. The molecule has 2 aromatic rings. The van der Waals surface area contributed by atoms with E-state index in [1.165, 1.54) is 0 Å². The van der Waals surface area contributed by atoms with Gasteiger partial charge in [0.2, 0.25) is 5.89 Å². The lowest BCUT2D eigenvalue weighted by molar-refractivity contribution is -0.00577. The fourth-order valence-electron chi connectivity index (χ4n) is 2.70. The van der Waals surface area contributed by atoms with Gasteiger partial charge in [0, 0.05) is 18.0 Å². The predicted molar refractivity (Wildman–Crippen MR) is 90.6 cm³/mol. The average Bonchev–Trinajstić information content (AvgIpc) is 3.12. The summed E-state index contributed by atoms with van der Waals surface area (Å²) in [6.07, 6.45) is 0. The molecule has 0 bridgehead atoms. The molecule has 0 N–H and O–H groups in total. The predicted octanol–water partition coefficient (Wildman–Crippen LogP) is 2.81. The van der Waals surface area contributed by atoms with Crippen LogP contribution in [0.1, 0.15) is 54.8 Å². The number of nitrogens with zero attached hydrogens (tertiary/aromatic N) is 3. The molecule has 1 saturated heterocycles. The quantitative estimate of drug-likeness (QED) is 0.829. The summed E-state index contributed by atoms with van der Waals surface area (Å²) in [5.74, 6) is 1.86. The molecule has 1 aromatic carbocycles. The highest BCUT2D eigenvalue weighted by Crippen LogP contribution is 2.26. The van der Waals surface area contributed by atoms with Crippen LogP contribution in [0.15, 0.2) is 28.8 Å². The smallest absolute Gasteiger partial charge is 0.254 e. The normalized spacial score (nSPS) is 17.8. The first-order valence-corrected chi connectivity index (χ1v) is 8.55. The van der Waals surface area contributed by atoms with Gasteiger partial charge in [-0.15, -0.1) is 0 Å². The fraction of sp³-hybridized carbons (Fsp3) is 0.500. The summed E-state index contributed by atoms with van der Waals surface area (Å²) < 4.78 is 16.2. The van der Waals surface area contributed by atoms with Crippen molar-refractivity contribution >= 4 is 5.91 Å². The van der Waals surface area contributed by atoms with Crippen LogP contribution in [0.4, 0.5) is 0 Å². The standard InChI is InChI=1S/C18H23N3O4/c1-4-24-14-7-5-13(6-8-14)18(22)21-9-10-23-11-15(21)16-19-17(12(2)3)25-20-16/h5-8,12,15H,4,9-11H2,1-3H3. The first-order chi connectivity index (χ1) is 12.1. The van der Waals surface area contributed by atoms with Crippen molar-refractivity contribution in [2.45, 2.75) is 32.7 Å². The minimum atomic E-state index is -0.343. The van der Waals surface area contributed by atoms with E-state index < -0.39 is 0 Å². The van der Waals surface area contributed by atoms with E-state index in [9.17, 15) is 4.79 Å². The molecule has 0 spiro atoms. The lowest BCUT2D eigenvalue weighted by Gasteiger charge is -2.33. The molecule has 7 nitrogen and oxygen atoms in total. The second-order valence-electron chi connectivity index (χ2n) is 6.19. The Morgan fingerprint density at radius 3 is 2.76 bits per heavy atom. The van der Waals surface area contributed by atoms with E-state index in [0.29, 0.717) is 43.6 Å². The van der Waals surface area contributed by atoms with Crippen LogP contribution in [0.5, 0.6) is 5.75 Å². The van der Waals surface area contributed by atoms with Crippen LogP contribution in [-0.2, 0) is 4.74 Å². The van der Waals surface area contributed by atoms with Crippen LogP contribution < -0.4 is 4.74 Å². The zero-order valence-corrected chi connectivity index (χ0v) is 14.8. The molecular weight excluding hydrogens is 322 g/mol. The average molecular weight is 345 g/mol. The highest BCUT2D eigenvalue weighted by atomic mass is 16.5. The minimum Gasteiger partial charge on any atom is -0.494 e. The monoisotopic (exact) mass is 345 g/mol. The first kappa shape index (κ1) is 17.4. The van der Waals surface area contributed by atoms with Gasteiger partial charge in [-0.2, -0.15) is 4.98 Å². The second-order valence-corrected chi connectivity index (χ2v) is 6.19. The number of carbonyl (C=O) groups excluding carboxylic acids is 1. The number of benzene rings is 1. The molecule has 0 radical (unpaired) electrons. The van der Waals surface area contributed by atoms with Crippen molar-refractivity contribution in [3.8, 4) is 5.75 Å². The molecule has 1 fully saturated rings. The van der Waals surface area contributed by atoms with Crippen molar-refractivity contribution in [2.75, 3.05) is 26.4 Å². The summed E-state index contributed by atoms with van der Waals surface area (Å²) in [6.45, 7) is 7.83. The Morgan fingerprint density at radius 2 is 2.12 bits per heavy atom. The first-order valence-electron chi connectivity index (χ1n) is 8.55. The number of aromatic nitrogens is 2. The van der Waals surface area contributed by atoms with E-state index in [1.807, 2.05) is 20.8 Å². The van der Waals surface area contributed by atoms with Crippen molar-refractivity contribution in [1.29, 1.82) is 0 Å². The maximum atomic E-state index is 12.9. The molecule has 7 heteroatoms. The summed E-state index contributed by atoms with van der Waals surface area (Å²) in [4.78, 5) is 19.1. The van der Waals surface area contributed by atoms with Gasteiger partial charge in [-0.25, -0.2) is 0 Å². The van der Waals surface area contributed by atoms with Crippen molar-refractivity contribution in [3.05, 3.63) is 41.5 Å². The van der Waals surface area contributed by atoms with E-state index in [-0.39, 0.29) is 17.9 Å². The van der Waals surface area contributed by atoms with Gasteiger partial charge in [0.25, 0.3) is 5.91 Å². The second kappa shape index (κ2) is 7.65. The van der Waals surface area contributed by atoms with Gasteiger partial charge in [-0.1, -0.05) is 19.0 Å². The molecule has 1 aromatic heterocycles. The third kappa shape index (κ3) is 3.82. The zero-order valence-electron chi connectivity index (χ0n) is 14.8. The van der Waals surface area contributed by atoms with Crippen LogP contribution in [0.25, 0.3) is 0 Å².